The lowest BCUT2D eigenvalue weighted by molar-refractivity contribution is -0.141. The quantitative estimate of drug-likeness (QED) is 0.493. The number of sulfonamides is 1. The van der Waals surface area contributed by atoms with E-state index in [0.717, 1.165) is 0 Å². The number of hydrogen-bond donors (Lipinski definition) is 2. The van der Waals surface area contributed by atoms with Crippen LogP contribution in [0.4, 0.5) is 24.7 Å². The molecule has 3 aromatic rings. The van der Waals surface area contributed by atoms with Crippen molar-refractivity contribution in [3.05, 3.63) is 66.2 Å². The number of anilines is 2. The van der Waals surface area contributed by atoms with Crippen LogP contribution < -0.4 is 10.0 Å². The van der Waals surface area contributed by atoms with Crippen LogP contribution in [0, 0.1) is 0 Å². The smallest absolute Gasteiger partial charge is 0.325 e. The van der Waals surface area contributed by atoms with Crippen LogP contribution in [-0.4, -0.2) is 34.5 Å². The van der Waals surface area contributed by atoms with Crippen molar-refractivity contribution in [3.63, 3.8) is 0 Å². The first-order chi connectivity index (χ1) is 16.4. The Balaban J connectivity index is 1.48. The molecule has 4 rings (SSSR count). The fourth-order valence-corrected chi connectivity index (χ4v) is 4.55. The molecule has 0 atom stereocenters. The zero-order valence-corrected chi connectivity index (χ0v) is 19.6. The molecular weight excluding hydrogens is 483 g/mol. The second-order valence-electron chi connectivity index (χ2n) is 8.70. The van der Waals surface area contributed by atoms with Crippen molar-refractivity contribution in [1.82, 2.24) is 15.0 Å². The average Bonchev–Trinajstić information content (AvgIpc) is 3.65. The van der Waals surface area contributed by atoms with Gasteiger partial charge in [0, 0.05) is 11.3 Å². The molecule has 1 amide bonds. The number of carbonyl (C=O) groups is 1. The van der Waals surface area contributed by atoms with Gasteiger partial charge in [-0.05, 0) is 51.0 Å². The summed E-state index contributed by atoms with van der Waals surface area (Å²) in [5, 5.41) is 2.35. The number of pyridine rings is 1. The number of aromatic nitrogens is 3. The van der Waals surface area contributed by atoms with Crippen LogP contribution in [0.1, 0.15) is 38.1 Å². The number of alkyl halides is 3. The Morgan fingerprint density at radius 2 is 1.66 bits per heavy atom. The van der Waals surface area contributed by atoms with Gasteiger partial charge >= 0.3 is 6.18 Å². The first kappa shape index (κ1) is 24.6. The van der Waals surface area contributed by atoms with Gasteiger partial charge in [0.2, 0.25) is 15.9 Å². The molecule has 1 saturated carbocycles. The van der Waals surface area contributed by atoms with Crippen LogP contribution >= 0.6 is 0 Å². The SMILES string of the molecule is CC(C)(C(=O)Nc1ccc(-c2cncc(C(F)(F)F)n2)cc1)c1cccc(NS(=O)(=O)C2CC2)n1. The maximum absolute atomic E-state index is 13.0. The molecule has 35 heavy (non-hydrogen) atoms. The van der Waals surface area contributed by atoms with Crippen molar-refractivity contribution in [3.8, 4) is 11.3 Å². The highest BCUT2D eigenvalue weighted by Gasteiger charge is 2.37. The van der Waals surface area contributed by atoms with Crippen molar-refractivity contribution in [2.75, 3.05) is 10.0 Å². The fraction of sp³-hybridized carbons (Fsp3) is 0.304. The molecular formula is C23H22F3N5O3S. The van der Waals surface area contributed by atoms with E-state index in [4.69, 9.17) is 0 Å². The third-order valence-electron chi connectivity index (χ3n) is 5.53. The third kappa shape index (κ3) is 5.59. The lowest BCUT2D eigenvalue weighted by Crippen LogP contribution is -2.35. The Kier molecular flexibility index (Phi) is 6.26. The van der Waals surface area contributed by atoms with Gasteiger partial charge in [-0.1, -0.05) is 18.2 Å². The van der Waals surface area contributed by atoms with Crippen LogP contribution in [0.25, 0.3) is 11.3 Å². The largest absolute Gasteiger partial charge is 0.434 e. The molecule has 8 nitrogen and oxygen atoms in total. The van der Waals surface area contributed by atoms with Crippen LogP contribution in [0.15, 0.2) is 54.9 Å². The van der Waals surface area contributed by atoms with E-state index in [0.29, 0.717) is 36.0 Å². The van der Waals surface area contributed by atoms with E-state index in [1.54, 1.807) is 38.1 Å². The van der Waals surface area contributed by atoms with Gasteiger partial charge in [0.15, 0.2) is 5.69 Å². The summed E-state index contributed by atoms with van der Waals surface area (Å²) in [6.07, 6.45) is -1.50. The topological polar surface area (TPSA) is 114 Å². The number of rotatable bonds is 7. The highest BCUT2D eigenvalue weighted by molar-refractivity contribution is 7.93. The summed E-state index contributed by atoms with van der Waals surface area (Å²) in [5.74, 6) is -0.263. The van der Waals surface area contributed by atoms with E-state index < -0.39 is 38.5 Å². The maximum atomic E-state index is 13.0. The van der Waals surface area contributed by atoms with Crippen LogP contribution in [-0.2, 0) is 26.4 Å². The van der Waals surface area contributed by atoms with Crippen molar-refractivity contribution < 1.29 is 26.4 Å². The number of benzene rings is 1. The molecule has 2 heterocycles. The summed E-state index contributed by atoms with van der Waals surface area (Å²) in [6.45, 7) is 3.30. The molecule has 12 heteroatoms. The van der Waals surface area contributed by atoms with Gasteiger partial charge in [-0.3, -0.25) is 14.5 Å². The molecule has 0 saturated heterocycles. The summed E-state index contributed by atoms with van der Waals surface area (Å²) >= 11 is 0. The van der Waals surface area contributed by atoms with E-state index in [-0.39, 0.29) is 11.5 Å². The maximum Gasteiger partial charge on any atom is 0.434 e. The molecule has 2 aromatic heterocycles. The standard InChI is InChI=1S/C23H22F3N5O3S/c1-22(2,18-4-3-5-20(30-18)31-35(33,34)16-10-11-16)21(32)28-15-8-6-14(7-9-15)17-12-27-13-19(29-17)23(24,25)26/h3-9,12-13,16H,10-11H2,1-2H3,(H,28,32)(H,30,31). The highest BCUT2D eigenvalue weighted by atomic mass is 32.2. The molecule has 0 aliphatic heterocycles. The van der Waals surface area contributed by atoms with Crippen molar-refractivity contribution in [2.24, 2.45) is 0 Å². The molecule has 1 aromatic carbocycles. The van der Waals surface area contributed by atoms with E-state index >= 15 is 0 Å². The minimum absolute atomic E-state index is 0.0488. The van der Waals surface area contributed by atoms with Gasteiger partial charge in [0.25, 0.3) is 0 Å². The molecule has 2 N–H and O–H groups in total. The molecule has 0 radical (unpaired) electrons. The molecule has 1 fully saturated rings. The van der Waals surface area contributed by atoms with Crippen LogP contribution in [0.3, 0.4) is 0 Å². The zero-order valence-electron chi connectivity index (χ0n) is 18.8. The molecule has 1 aliphatic carbocycles. The minimum atomic E-state index is -4.61. The van der Waals surface area contributed by atoms with Gasteiger partial charge in [0.05, 0.1) is 34.4 Å². The van der Waals surface area contributed by atoms with Gasteiger partial charge in [-0.25, -0.2) is 18.4 Å². The van der Waals surface area contributed by atoms with Gasteiger partial charge < -0.3 is 5.32 Å². The lowest BCUT2D eigenvalue weighted by atomic mass is 9.87. The van der Waals surface area contributed by atoms with E-state index in [1.165, 1.54) is 24.4 Å². The summed E-state index contributed by atoms with van der Waals surface area (Å²) in [5.41, 5.74) is -0.986. The molecule has 0 bridgehead atoms. The summed E-state index contributed by atoms with van der Waals surface area (Å²) in [4.78, 5) is 24.6. The normalized spacial score (nSPS) is 14.4. The average molecular weight is 506 g/mol. The second kappa shape index (κ2) is 8.91. The summed E-state index contributed by atoms with van der Waals surface area (Å²) < 4.78 is 65.6. The minimum Gasteiger partial charge on any atom is -0.325 e. The fourth-order valence-electron chi connectivity index (χ4n) is 3.22. The third-order valence-corrected chi connectivity index (χ3v) is 7.37. The number of halogens is 3. The zero-order chi connectivity index (χ0) is 25.4. The molecule has 0 unspecified atom stereocenters. The number of hydrogen-bond acceptors (Lipinski definition) is 6. The van der Waals surface area contributed by atoms with E-state index in [9.17, 15) is 26.4 Å². The highest BCUT2D eigenvalue weighted by Crippen LogP contribution is 2.31. The first-order valence-electron chi connectivity index (χ1n) is 10.7. The predicted octanol–water partition coefficient (Wildman–Crippen LogP) is 4.38. The second-order valence-corrected chi connectivity index (χ2v) is 10.7. The Labute approximate surface area is 200 Å². The Bertz CT molecular complexity index is 1360. The van der Waals surface area contributed by atoms with Crippen LogP contribution in [0.2, 0.25) is 0 Å². The molecule has 0 spiro atoms. The first-order valence-corrected chi connectivity index (χ1v) is 12.2. The predicted molar refractivity (Wildman–Crippen MR) is 124 cm³/mol. The van der Waals surface area contributed by atoms with Gasteiger partial charge in [-0.15, -0.1) is 0 Å². The van der Waals surface area contributed by atoms with Gasteiger partial charge in [0.1, 0.15) is 5.82 Å². The molecule has 184 valence electrons. The van der Waals surface area contributed by atoms with Crippen LogP contribution in [0.5, 0.6) is 0 Å². The van der Waals surface area contributed by atoms with E-state index in [2.05, 4.69) is 25.0 Å². The molecule has 1 aliphatic rings. The Morgan fingerprint density at radius 3 is 2.29 bits per heavy atom. The number of carbonyl (C=O) groups excluding carboxylic acids is 1. The number of nitrogens with one attached hydrogen (secondary N) is 2. The van der Waals surface area contributed by atoms with Crippen molar-refractivity contribution >= 4 is 27.4 Å². The van der Waals surface area contributed by atoms with Crippen molar-refractivity contribution in [1.29, 1.82) is 0 Å². The van der Waals surface area contributed by atoms with Gasteiger partial charge in [-0.2, -0.15) is 13.2 Å². The summed E-state index contributed by atoms with van der Waals surface area (Å²) in [7, 11) is -3.49. The van der Waals surface area contributed by atoms with E-state index in [1.807, 2.05) is 0 Å². The number of nitrogens with zero attached hydrogens (tertiary/aromatic N) is 3. The summed E-state index contributed by atoms with van der Waals surface area (Å²) in [6, 6.07) is 10.9. The monoisotopic (exact) mass is 505 g/mol. The Morgan fingerprint density at radius 1 is 0.971 bits per heavy atom. The lowest BCUT2D eigenvalue weighted by Gasteiger charge is -2.23. The number of amides is 1. The Hall–Kier alpha value is -3.54. The van der Waals surface area contributed by atoms with Crippen molar-refractivity contribution in [2.45, 2.75) is 43.5 Å².